The zero-order valence-corrected chi connectivity index (χ0v) is 14.1. The molecule has 2 aromatic rings. The number of rotatable bonds is 5. The van der Waals surface area contributed by atoms with Crippen molar-refractivity contribution in [3.63, 3.8) is 0 Å². The van der Waals surface area contributed by atoms with Crippen LogP contribution in [0.4, 0.5) is 0 Å². The van der Waals surface area contributed by atoms with E-state index in [1.165, 1.54) is 6.07 Å². The van der Waals surface area contributed by atoms with Gasteiger partial charge in [0.15, 0.2) is 4.67 Å². The fourth-order valence-corrected chi connectivity index (χ4v) is 3.98. The molecule has 0 unspecified atom stereocenters. The quantitative estimate of drug-likeness (QED) is 0.773. The maximum absolute atomic E-state index is 12.2. The van der Waals surface area contributed by atoms with Crippen LogP contribution in [0.1, 0.15) is 11.3 Å². The SMILES string of the molecule is O=S(=O)(NCc1ccccc1Br)c1cc(CO)oc1Br. The van der Waals surface area contributed by atoms with Crippen LogP contribution in [0.2, 0.25) is 0 Å². The average Bonchev–Trinajstić information content (AvgIpc) is 2.80. The van der Waals surface area contributed by atoms with Crippen molar-refractivity contribution in [2.24, 2.45) is 0 Å². The number of nitrogens with one attached hydrogen (secondary N) is 1. The molecule has 0 aliphatic carbocycles. The van der Waals surface area contributed by atoms with E-state index in [1.807, 2.05) is 24.3 Å². The van der Waals surface area contributed by atoms with E-state index >= 15 is 0 Å². The highest BCUT2D eigenvalue weighted by Crippen LogP contribution is 2.26. The molecule has 2 rings (SSSR count). The van der Waals surface area contributed by atoms with Gasteiger partial charge in [-0.3, -0.25) is 0 Å². The molecule has 0 amide bonds. The molecule has 1 aromatic heterocycles. The second-order valence-electron chi connectivity index (χ2n) is 3.92. The fourth-order valence-electron chi connectivity index (χ4n) is 1.55. The number of halogens is 2. The van der Waals surface area contributed by atoms with Crippen LogP contribution in [-0.4, -0.2) is 13.5 Å². The van der Waals surface area contributed by atoms with Gasteiger partial charge in [-0.25, -0.2) is 13.1 Å². The van der Waals surface area contributed by atoms with Crippen molar-refractivity contribution in [3.05, 3.63) is 50.8 Å². The highest BCUT2D eigenvalue weighted by Gasteiger charge is 2.22. The Morgan fingerprint density at radius 2 is 1.95 bits per heavy atom. The maximum Gasteiger partial charge on any atom is 0.245 e. The van der Waals surface area contributed by atoms with Gasteiger partial charge in [-0.05, 0) is 27.6 Å². The van der Waals surface area contributed by atoms with Crippen molar-refractivity contribution in [2.45, 2.75) is 18.0 Å². The summed E-state index contributed by atoms with van der Waals surface area (Å²) in [5.41, 5.74) is 0.818. The van der Waals surface area contributed by atoms with E-state index in [0.29, 0.717) is 0 Å². The smallest absolute Gasteiger partial charge is 0.245 e. The van der Waals surface area contributed by atoms with Crippen molar-refractivity contribution < 1.29 is 17.9 Å². The summed E-state index contributed by atoms with van der Waals surface area (Å²) in [7, 11) is -3.72. The van der Waals surface area contributed by atoms with Gasteiger partial charge in [0.25, 0.3) is 0 Å². The van der Waals surface area contributed by atoms with Gasteiger partial charge in [-0.1, -0.05) is 34.1 Å². The van der Waals surface area contributed by atoms with E-state index in [-0.39, 0.29) is 28.5 Å². The first-order chi connectivity index (χ1) is 9.44. The Morgan fingerprint density at radius 1 is 1.25 bits per heavy atom. The van der Waals surface area contributed by atoms with E-state index < -0.39 is 10.0 Å². The summed E-state index contributed by atoms with van der Waals surface area (Å²) >= 11 is 6.38. The minimum Gasteiger partial charge on any atom is -0.450 e. The molecule has 1 aromatic carbocycles. The molecule has 2 N–H and O–H groups in total. The van der Waals surface area contributed by atoms with Gasteiger partial charge in [0, 0.05) is 17.1 Å². The maximum atomic E-state index is 12.2. The van der Waals surface area contributed by atoms with Gasteiger partial charge in [-0.15, -0.1) is 0 Å². The number of benzene rings is 1. The lowest BCUT2D eigenvalue weighted by Gasteiger charge is -2.06. The zero-order chi connectivity index (χ0) is 14.8. The summed E-state index contributed by atoms with van der Waals surface area (Å²) in [5, 5.41) is 8.95. The highest BCUT2D eigenvalue weighted by molar-refractivity contribution is 9.10. The third kappa shape index (κ3) is 3.50. The predicted molar refractivity (Wildman–Crippen MR) is 80.5 cm³/mol. The molecule has 0 spiro atoms. The van der Waals surface area contributed by atoms with Crippen molar-refractivity contribution >= 4 is 41.9 Å². The first kappa shape index (κ1) is 15.7. The zero-order valence-electron chi connectivity index (χ0n) is 10.1. The predicted octanol–water partition coefficient (Wildman–Crippen LogP) is 2.78. The molecular weight excluding hydrogens is 414 g/mol. The monoisotopic (exact) mass is 423 g/mol. The van der Waals surface area contributed by atoms with Crippen LogP contribution < -0.4 is 4.72 Å². The van der Waals surface area contributed by atoms with Crippen LogP contribution in [-0.2, 0) is 23.2 Å². The van der Waals surface area contributed by atoms with Crippen LogP contribution in [0.25, 0.3) is 0 Å². The minimum atomic E-state index is -3.72. The Labute approximate surface area is 133 Å². The number of aliphatic hydroxyl groups is 1. The van der Waals surface area contributed by atoms with Crippen molar-refractivity contribution in [2.75, 3.05) is 0 Å². The molecular formula is C12H11Br2NO4S. The van der Waals surface area contributed by atoms with Gasteiger partial charge in [0.1, 0.15) is 17.3 Å². The molecule has 0 aliphatic heterocycles. The second kappa shape index (κ2) is 6.40. The summed E-state index contributed by atoms with van der Waals surface area (Å²) in [6.07, 6.45) is 0. The lowest BCUT2D eigenvalue weighted by molar-refractivity contribution is 0.245. The van der Waals surface area contributed by atoms with Crippen LogP contribution in [0.5, 0.6) is 0 Å². The van der Waals surface area contributed by atoms with Crippen molar-refractivity contribution in [1.29, 1.82) is 0 Å². The Morgan fingerprint density at radius 3 is 2.55 bits per heavy atom. The van der Waals surface area contributed by atoms with E-state index in [4.69, 9.17) is 9.52 Å². The Hall–Kier alpha value is -0.670. The largest absolute Gasteiger partial charge is 0.450 e. The summed E-state index contributed by atoms with van der Waals surface area (Å²) in [4.78, 5) is -0.0337. The van der Waals surface area contributed by atoms with Gasteiger partial charge in [-0.2, -0.15) is 0 Å². The van der Waals surface area contributed by atoms with Gasteiger partial charge >= 0.3 is 0 Å². The first-order valence-corrected chi connectivity index (χ1v) is 8.63. The van der Waals surface area contributed by atoms with E-state index in [0.717, 1.165) is 10.0 Å². The summed E-state index contributed by atoms with van der Waals surface area (Å²) in [5.74, 6) is 0.179. The first-order valence-electron chi connectivity index (χ1n) is 5.56. The lowest BCUT2D eigenvalue weighted by Crippen LogP contribution is -2.23. The number of furan rings is 1. The number of sulfonamides is 1. The molecule has 0 bridgehead atoms. The normalized spacial score (nSPS) is 11.8. The molecule has 0 radical (unpaired) electrons. The highest BCUT2D eigenvalue weighted by atomic mass is 79.9. The summed E-state index contributed by atoms with van der Waals surface area (Å²) in [6.45, 7) is -0.214. The van der Waals surface area contributed by atoms with E-state index in [9.17, 15) is 8.42 Å². The molecule has 108 valence electrons. The van der Waals surface area contributed by atoms with Crippen molar-refractivity contribution in [3.8, 4) is 0 Å². The lowest BCUT2D eigenvalue weighted by atomic mass is 10.2. The summed E-state index contributed by atoms with van der Waals surface area (Å²) in [6, 6.07) is 8.61. The molecule has 0 fully saturated rings. The van der Waals surface area contributed by atoms with Gasteiger partial charge in [0.05, 0.1) is 0 Å². The second-order valence-corrected chi connectivity index (χ2v) is 7.23. The van der Waals surface area contributed by atoms with Gasteiger partial charge < -0.3 is 9.52 Å². The van der Waals surface area contributed by atoms with Crippen LogP contribution >= 0.6 is 31.9 Å². The van der Waals surface area contributed by atoms with Crippen molar-refractivity contribution in [1.82, 2.24) is 4.72 Å². The molecule has 0 aliphatic rings. The number of hydrogen-bond acceptors (Lipinski definition) is 4. The van der Waals surface area contributed by atoms with E-state index in [1.54, 1.807) is 0 Å². The average molecular weight is 425 g/mol. The molecule has 0 saturated heterocycles. The Bertz CT molecular complexity index is 712. The Kier molecular flexibility index (Phi) is 5.03. The number of aliphatic hydroxyl groups excluding tert-OH is 1. The third-order valence-corrected chi connectivity index (χ3v) is 5.59. The minimum absolute atomic E-state index is 0.0337. The number of hydrogen-bond donors (Lipinski definition) is 2. The van der Waals surface area contributed by atoms with E-state index in [2.05, 4.69) is 36.6 Å². The third-order valence-electron chi connectivity index (χ3n) is 2.56. The van der Waals surface area contributed by atoms with Gasteiger partial charge in [0.2, 0.25) is 10.0 Å². The molecule has 5 nitrogen and oxygen atoms in total. The van der Waals surface area contributed by atoms with Crippen LogP contribution in [0.3, 0.4) is 0 Å². The van der Waals surface area contributed by atoms with Crippen LogP contribution in [0.15, 0.2) is 48.8 Å². The Balaban J connectivity index is 2.19. The molecule has 0 saturated carbocycles. The van der Waals surface area contributed by atoms with Crippen LogP contribution in [0, 0.1) is 0 Å². The molecule has 20 heavy (non-hydrogen) atoms. The standard InChI is InChI=1S/C12H11Br2NO4S/c13-10-4-2-1-3-8(10)6-15-20(17,18)11-5-9(7-16)19-12(11)14/h1-5,15-16H,6-7H2. The molecule has 0 atom stereocenters. The molecule has 8 heteroatoms. The molecule has 1 heterocycles. The fraction of sp³-hybridized carbons (Fsp3) is 0.167. The summed E-state index contributed by atoms with van der Waals surface area (Å²) < 4.78 is 32.8. The topological polar surface area (TPSA) is 79.5 Å².